The molecule has 0 aromatic carbocycles. The van der Waals surface area contributed by atoms with Gasteiger partial charge in [0.25, 0.3) is 0 Å². The summed E-state index contributed by atoms with van der Waals surface area (Å²) in [6.45, 7) is 4.31. The normalized spacial score (nSPS) is 38.9. The lowest BCUT2D eigenvalue weighted by Crippen LogP contribution is -2.41. The van der Waals surface area contributed by atoms with Crippen molar-refractivity contribution in [1.29, 1.82) is 0 Å². The molecule has 0 bridgehead atoms. The van der Waals surface area contributed by atoms with Gasteiger partial charge < -0.3 is 14.6 Å². The Balaban J connectivity index is 2.74. The summed E-state index contributed by atoms with van der Waals surface area (Å²) in [5, 5.41) is 10.1. The molecule has 1 aliphatic rings. The molecule has 0 spiro atoms. The van der Waals surface area contributed by atoms with E-state index >= 15 is 0 Å². The van der Waals surface area contributed by atoms with Crippen molar-refractivity contribution in [2.75, 3.05) is 13.7 Å². The Morgan fingerprint density at radius 3 is 2.79 bits per heavy atom. The topological polar surface area (TPSA) is 55.8 Å². The molecule has 1 rings (SSSR count). The summed E-state index contributed by atoms with van der Waals surface area (Å²) >= 11 is 0. The van der Waals surface area contributed by atoms with E-state index in [0.29, 0.717) is 19.4 Å². The minimum absolute atomic E-state index is 0.0775. The Morgan fingerprint density at radius 2 is 2.21 bits per heavy atom. The highest BCUT2D eigenvalue weighted by Gasteiger charge is 2.41. The van der Waals surface area contributed by atoms with E-state index in [-0.39, 0.29) is 12.0 Å². The largest absolute Gasteiger partial charge is 0.467 e. The van der Waals surface area contributed by atoms with E-state index in [2.05, 4.69) is 4.74 Å². The smallest absolute Gasteiger partial charge is 0.337 e. The zero-order valence-electron chi connectivity index (χ0n) is 8.95. The van der Waals surface area contributed by atoms with Gasteiger partial charge in [-0.25, -0.2) is 4.79 Å². The zero-order valence-corrected chi connectivity index (χ0v) is 8.95. The fraction of sp³-hybridized carbons (Fsp3) is 0.900. The number of carbonyl (C=O) groups is 1. The van der Waals surface area contributed by atoms with Gasteiger partial charge in [0.15, 0.2) is 5.60 Å². The number of aliphatic hydroxyl groups is 1. The second-order valence-electron chi connectivity index (χ2n) is 4.03. The van der Waals surface area contributed by atoms with Gasteiger partial charge in [-0.05, 0) is 19.3 Å². The lowest BCUT2D eigenvalue weighted by molar-refractivity contribution is -0.164. The van der Waals surface area contributed by atoms with Crippen LogP contribution in [0.5, 0.6) is 0 Å². The molecule has 1 fully saturated rings. The minimum Gasteiger partial charge on any atom is -0.467 e. The summed E-state index contributed by atoms with van der Waals surface area (Å²) in [6.07, 6.45) is 0.795. The van der Waals surface area contributed by atoms with E-state index in [1.165, 1.54) is 7.11 Å². The highest BCUT2D eigenvalue weighted by molar-refractivity contribution is 5.79. The van der Waals surface area contributed by atoms with Gasteiger partial charge in [0.2, 0.25) is 0 Å². The Bertz CT molecular complexity index is 216. The molecule has 0 aliphatic carbocycles. The van der Waals surface area contributed by atoms with Gasteiger partial charge in [0, 0.05) is 6.42 Å². The molecule has 1 N–H and O–H groups in total. The van der Waals surface area contributed by atoms with Crippen LogP contribution in [0.1, 0.15) is 26.7 Å². The van der Waals surface area contributed by atoms with Crippen LogP contribution >= 0.6 is 0 Å². The third-order valence-electron chi connectivity index (χ3n) is 2.92. The third-order valence-corrected chi connectivity index (χ3v) is 2.92. The van der Waals surface area contributed by atoms with Crippen molar-refractivity contribution in [1.82, 2.24) is 0 Å². The molecule has 0 amide bonds. The van der Waals surface area contributed by atoms with Gasteiger partial charge in [0.05, 0.1) is 19.8 Å². The van der Waals surface area contributed by atoms with Crippen molar-refractivity contribution >= 4 is 5.97 Å². The summed E-state index contributed by atoms with van der Waals surface area (Å²) in [5.41, 5.74) is -1.36. The molecular formula is C10H18O4. The van der Waals surface area contributed by atoms with Crippen LogP contribution in [0.3, 0.4) is 0 Å². The third kappa shape index (κ3) is 2.25. The molecular weight excluding hydrogens is 184 g/mol. The van der Waals surface area contributed by atoms with Gasteiger partial charge in [0.1, 0.15) is 0 Å². The molecule has 3 unspecified atom stereocenters. The number of esters is 1. The first-order chi connectivity index (χ1) is 6.49. The summed E-state index contributed by atoms with van der Waals surface area (Å²) < 4.78 is 10.0. The number of rotatable bonds is 1. The molecule has 3 atom stereocenters. The van der Waals surface area contributed by atoms with Crippen LogP contribution < -0.4 is 0 Å². The van der Waals surface area contributed by atoms with E-state index < -0.39 is 11.6 Å². The molecule has 82 valence electrons. The average molecular weight is 202 g/mol. The molecule has 0 aromatic rings. The lowest BCUT2D eigenvalue weighted by atomic mass is 9.88. The number of methoxy groups -OCH3 is 1. The zero-order chi connectivity index (χ0) is 10.8. The second kappa shape index (κ2) is 4.28. The van der Waals surface area contributed by atoms with Crippen molar-refractivity contribution in [3.8, 4) is 0 Å². The number of hydrogen-bond donors (Lipinski definition) is 1. The van der Waals surface area contributed by atoms with Crippen LogP contribution in [0.25, 0.3) is 0 Å². The van der Waals surface area contributed by atoms with Crippen molar-refractivity contribution < 1.29 is 19.4 Å². The maximum Gasteiger partial charge on any atom is 0.337 e. The number of carbonyl (C=O) groups excluding carboxylic acids is 1. The first-order valence-electron chi connectivity index (χ1n) is 4.92. The molecule has 1 aliphatic heterocycles. The summed E-state index contributed by atoms with van der Waals surface area (Å²) in [5.74, 6) is -0.399. The van der Waals surface area contributed by atoms with Crippen LogP contribution in [0.2, 0.25) is 0 Å². The average Bonchev–Trinajstić information content (AvgIpc) is 2.27. The first kappa shape index (κ1) is 11.5. The van der Waals surface area contributed by atoms with Gasteiger partial charge >= 0.3 is 5.97 Å². The molecule has 4 heteroatoms. The number of ether oxygens (including phenoxy) is 2. The van der Waals surface area contributed by atoms with Gasteiger partial charge in [-0.1, -0.05) is 6.92 Å². The number of hydrogen-bond acceptors (Lipinski definition) is 4. The van der Waals surface area contributed by atoms with E-state index in [9.17, 15) is 9.90 Å². The molecule has 1 heterocycles. The fourth-order valence-corrected chi connectivity index (χ4v) is 1.75. The van der Waals surface area contributed by atoms with Crippen LogP contribution in [0.15, 0.2) is 0 Å². The lowest BCUT2D eigenvalue weighted by Gasteiger charge is -2.25. The summed E-state index contributed by atoms with van der Waals surface area (Å²) in [6, 6.07) is 0. The van der Waals surface area contributed by atoms with E-state index in [0.717, 1.165) is 0 Å². The SMILES string of the molecule is COC(=O)C1(O)CCOC(C)C(C)C1. The van der Waals surface area contributed by atoms with E-state index in [1.807, 2.05) is 13.8 Å². The predicted molar refractivity (Wildman–Crippen MR) is 50.8 cm³/mol. The Labute approximate surface area is 84.2 Å². The first-order valence-corrected chi connectivity index (χ1v) is 4.92. The summed E-state index contributed by atoms with van der Waals surface area (Å²) in [7, 11) is 1.29. The van der Waals surface area contributed by atoms with Crippen LogP contribution in [0, 0.1) is 5.92 Å². The standard InChI is InChI=1S/C10H18O4/c1-7-6-10(12,9(11)13-3)4-5-14-8(7)2/h7-8,12H,4-6H2,1-3H3. The Kier molecular flexibility index (Phi) is 3.50. The predicted octanol–water partition coefficient (Wildman–Crippen LogP) is 0.725. The monoisotopic (exact) mass is 202 g/mol. The Hall–Kier alpha value is -0.610. The van der Waals surface area contributed by atoms with Crippen LogP contribution in [0.4, 0.5) is 0 Å². The minimum atomic E-state index is -1.36. The van der Waals surface area contributed by atoms with E-state index in [1.54, 1.807) is 0 Å². The Morgan fingerprint density at radius 1 is 1.57 bits per heavy atom. The quantitative estimate of drug-likeness (QED) is 0.637. The molecule has 14 heavy (non-hydrogen) atoms. The highest BCUT2D eigenvalue weighted by Crippen LogP contribution is 2.29. The molecule has 1 saturated heterocycles. The van der Waals surface area contributed by atoms with Gasteiger partial charge in [-0.15, -0.1) is 0 Å². The van der Waals surface area contributed by atoms with Crippen LogP contribution in [-0.2, 0) is 14.3 Å². The molecule has 0 saturated carbocycles. The molecule has 4 nitrogen and oxygen atoms in total. The van der Waals surface area contributed by atoms with E-state index in [4.69, 9.17) is 4.74 Å². The fourth-order valence-electron chi connectivity index (χ4n) is 1.75. The van der Waals surface area contributed by atoms with Gasteiger partial charge in [-0.3, -0.25) is 0 Å². The van der Waals surface area contributed by atoms with Crippen molar-refractivity contribution in [2.24, 2.45) is 5.92 Å². The maximum atomic E-state index is 11.4. The second-order valence-corrected chi connectivity index (χ2v) is 4.03. The van der Waals surface area contributed by atoms with Crippen molar-refractivity contribution in [3.63, 3.8) is 0 Å². The van der Waals surface area contributed by atoms with Gasteiger partial charge in [-0.2, -0.15) is 0 Å². The van der Waals surface area contributed by atoms with Crippen LogP contribution in [-0.4, -0.2) is 36.5 Å². The molecule has 0 radical (unpaired) electrons. The summed E-state index contributed by atoms with van der Waals surface area (Å²) in [4.78, 5) is 11.4. The highest BCUT2D eigenvalue weighted by atomic mass is 16.5. The van der Waals surface area contributed by atoms with Crippen molar-refractivity contribution in [2.45, 2.75) is 38.4 Å². The maximum absolute atomic E-state index is 11.4. The molecule has 0 aromatic heterocycles. The van der Waals surface area contributed by atoms with Crippen molar-refractivity contribution in [3.05, 3.63) is 0 Å².